The number of anilines is 1. The number of halogens is 3. The van der Waals surface area contributed by atoms with E-state index in [1.54, 1.807) is 30.3 Å². The molecule has 0 radical (unpaired) electrons. The van der Waals surface area contributed by atoms with Crippen molar-refractivity contribution in [3.63, 3.8) is 0 Å². The van der Waals surface area contributed by atoms with E-state index in [4.69, 9.17) is 33.0 Å². The summed E-state index contributed by atoms with van der Waals surface area (Å²) in [5.74, 6) is -7.51. The summed E-state index contributed by atoms with van der Waals surface area (Å²) in [7, 11) is 0. The van der Waals surface area contributed by atoms with Gasteiger partial charge in [0.05, 0.1) is 24.1 Å². The standard InChI is InChI=1S/C32H29Cl2FN2O8/c33-31-16-22-19(11-12-21-25(22)28(42)36(27(21)41)13-3-6-24(39)40)26(20-4-1-2-5-23(20)45-15-14-38)32(31,34)30(44)37(29(31)43)18-9-7-17(35)8-10-18/h1-2,4-5,7-11,21-22,25-26,38H,3,6,12-16H2,(H,39,40)/t21-,22+,25-,26+,31+,32-/m0/s1. The van der Waals surface area contributed by atoms with Crippen LogP contribution < -0.4 is 9.64 Å². The molecule has 10 nitrogen and oxygen atoms in total. The van der Waals surface area contributed by atoms with Crippen LogP contribution in [0, 0.1) is 23.6 Å². The predicted molar refractivity (Wildman–Crippen MR) is 159 cm³/mol. The van der Waals surface area contributed by atoms with Crippen LogP contribution in [0.4, 0.5) is 10.1 Å². The van der Waals surface area contributed by atoms with Gasteiger partial charge >= 0.3 is 5.97 Å². The third kappa shape index (κ3) is 4.66. The van der Waals surface area contributed by atoms with Gasteiger partial charge in [-0.1, -0.05) is 29.8 Å². The van der Waals surface area contributed by atoms with E-state index in [2.05, 4.69) is 0 Å². The van der Waals surface area contributed by atoms with Crippen LogP contribution >= 0.6 is 23.2 Å². The Morgan fingerprint density at radius 3 is 2.40 bits per heavy atom. The highest BCUT2D eigenvalue weighted by atomic mass is 35.5. The molecule has 2 saturated heterocycles. The number of hydrogen-bond acceptors (Lipinski definition) is 7. The number of benzene rings is 2. The van der Waals surface area contributed by atoms with E-state index >= 15 is 0 Å². The molecule has 0 bridgehead atoms. The summed E-state index contributed by atoms with van der Waals surface area (Å²) in [6.07, 6.45) is 1.55. The van der Waals surface area contributed by atoms with Crippen LogP contribution in [0.15, 0.2) is 60.2 Å². The monoisotopic (exact) mass is 658 g/mol. The Morgan fingerprint density at radius 1 is 1.00 bits per heavy atom. The van der Waals surface area contributed by atoms with Gasteiger partial charge in [-0.05, 0) is 55.5 Å². The Balaban J connectivity index is 1.50. The Kier molecular flexibility index (Phi) is 7.99. The normalized spacial score (nSPS) is 30.6. The first-order valence-corrected chi connectivity index (χ1v) is 15.3. The van der Waals surface area contributed by atoms with Crippen LogP contribution in [0.2, 0.25) is 0 Å². The van der Waals surface area contributed by atoms with Crippen molar-refractivity contribution in [3.8, 4) is 5.75 Å². The maximum absolute atomic E-state index is 14.4. The number of allylic oxidation sites excluding steroid dienone is 2. The zero-order valence-electron chi connectivity index (χ0n) is 23.8. The second kappa shape index (κ2) is 11.5. The number of aliphatic hydroxyl groups is 1. The summed E-state index contributed by atoms with van der Waals surface area (Å²) >= 11 is 14.7. The van der Waals surface area contributed by atoms with Gasteiger partial charge in [-0.3, -0.25) is 28.9 Å². The molecule has 236 valence electrons. The number of amides is 4. The van der Waals surface area contributed by atoms with Crippen LogP contribution in [-0.2, 0) is 24.0 Å². The number of carbonyl (C=O) groups is 5. The molecule has 2 heterocycles. The Labute approximate surface area is 267 Å². The van der Waals surface area contributed by atoms with Gasteiger partial charge in [0, 0.05) is 24.4 Å². The molecule has 4 amide bonds. The van der Waals surface area contributed by atoms with Gasteiger partial charge in [0.15, 0.2) is 9.75 Å². The lowest BCUT2D eigenvalue weighted by Gasteiger charge is -2.51. The Bertz CT molecular complexity index is 1630. The lowest BCUT2D eigenvalue weighted by molar-refractivity contribution is -0.142. The SMILES string of the molecule is O=C(O)CCCN1C(=O)[C@H]2[C@H](CC=C3[C@H]2C[C@@]2(Cl)C(=O)N(c4ccc(F)cc4)C(=O)[C@@]2(Cl)[C@H]3c2ccccc2OCCO)C1=O. The zero-order valence-corrected chi connectivity index (χ0v) is 25.3. The van der Waals surface area contributed by atoms with E-state index in [-0.39, 0.29) is 56.9 Å². The first-order chi connectivity index (χ1) is 21.5. The second-order valence-electron chi connectivity index (χ2n) is 11.7. The number of likely N-dealkylation sites (tertiary alicyclic amines) is 1. The molecule has 6 atom stereocenters. The third-order valence-electron chi connectivity index (χ3n) is 9.34. The molecule has 45 heavy (non-hydrogen) atoms. The topological polar surface area (TPSA) is 142 Å². The molecule has 0 unspecified atom stereocenters. The molecule has 6 rings (SSSR count). The summed E-state index contributed by atoms with van der Waals surface area (Å²) in [5, 5.41) is 18.5. The number of aliphatic carboxylic acids is 1. The molecule has 0 aromatic heterocycles. The van der Waals surface area contributed by atoms with Gasteiger partial charge in [-0.15, -0.1) is 23.2 Å². The van der Waals surface area contributed by atoms with E-state index in [1.807, 2.05) is 0 Å². The largest absolute Gasteiger partial charge is 0.491 e. The van der Waals surface area contributed by atoms with Crippen molar-refractivity contribution < 1.29 is 43.3 Å². The highest BCUT2D eigenvalue weighted by molar-refractivity contribution is 6.58. The van der Waals surface area contributed by atoms with E-state index < -0.39 is 68.8 Å². The Hall–Kier alpha value is -3.80. The van der Waals surface area contributed by atoms with Crippen LogP contribution in [-0.4, -0.2) is 74.2 Å². The number of rotatable bonds is 9. The molecule has 13 heteroatoms. The van der Waals surface area contributed by atoms with Crippen LogP contribution in [0.5, 0.6) is 5.75 Å². The number of carboxylic acid groups (broad SMARTS) is 1. The van der Waals surface area contributed by atoms with Crippen LogP contribution in [0.1, 0.15) is 37.2 Å². The number of carboxylic acids is 1. The van der Waals surface area contributed by atoms with Gasteiger partial charge in [-0.2, -0.15) is 0 Å². The fourth-order valence-electron chi connectivity index (χ4n) is 7.42. The molecule has 4 aliphatic rings. The van der Waals surface area contributed by atoms with Crippen LogP contribution in [0.3, 0.4) is 0 Å². The predicted octanol–water partition coefficient (Wildman–Crippen LogP) is 3.63. The number of alkyl halides is 2. The fourth-order valence-corrected chi connectivity index (χ4v) is 8.35. The molecule has 2 aliphatic heterocycles. The van der Waals surface area contributed by atoms with Crippen molar-refractivity contribution in [2.45, 2.75) is 41.3 Å². The van der Waals surface area contributed by atoms with Crippen molar-refractivity contribution in [1.29, 1.82) is 0 Å². The molecule has 2 N–H and O–H groups in total. The number of ether oxygens (including phenoxy) is 1. The van der Waals surface area contributed by atoms with Gasteiger partial charge in [0.1, 0.15) is 18.2 Å². The smallest absolute Gasteiger partial charge is 0.303 e. The number of aliphatic hydroxyl groups excluding tert-OH is 1. The minimum absolute atomic E-state index is 0.0657. The maximum atomic E-state index is 14.4. The van der Waals surface area contributed by atoms with E-state index in [0.29, 0.717) is 11.1 Å². The van der Waals surface area contributed by atoms with Gasteiger partial charge < -0.3 is 14.9 Å². The average Bonchev–Trinajstić information content (AvgIpc) is 3.34. The summed E-state index contributed by atoms with van der Waals surface area (Å²) < 4.78 is 19.6. The highest BCUT2D eigenvalue weighted by Crippen LogP contribution is 2.66. The minimum atomic E-state index is -2.12. The van der Waals surface area contributed by atoms with Crippen molar-refractivity contribution in [3.05, 3.63) is 71.6 Å². The number of nitrogens with zero attached hydrogens (tertiary/aromatic N) is 2. The average molecular weight is 659 g/mol. The van der Waals surface area contributed by atoms with Crippen molar-refractivity contribution in [1.82, 2.24) is 4.90 Å². The van der Waals surface area contributed by atoms with Crippen molar-refractivity contribution >= 4 is 58.5 Å². The van der Waals surface area contributed by atoms with Gasteiger partial charge in [0.25, 0.3) is 11.8 Å². The Morgan fingerprint density at radius 2 is 1.71 bits per heavy atom. The zero-order chi connectivity index (χ0) is 32.3. The van der Waals surface area contributed by atoms with E-state index in [0.717, 1.165) is 21.9 Å². The molecule has 1 saturated carbocycles. The number of imide groups is 2. The summed E-state index contributed by atoms with van der Waals surface area (Å²) in [6, 6.07) is 11.4. The number of fused-ring (bicyclic) bond motifs is 4. The molecular weight excluding hydrogens is 630 g/mol. The maximum Gasteiger partial charge on any atom is 0.303 e. The molecule has 2 aromatic carbocycles. The number of carbonyl (C=O) groups excluding carboxylic acids is 4. The van der Waals surface area contributed by atoms with Gasteiger partial charge in [0.2, 0.25) is 11.8 Å². The minimum Gasteiger partial charge on any atom is -0.491 e. The summed E-state index contributed by atoms with van der Waals surface area (Å²) in [5.41, 5.74) is 1.02. The van der Waals surface area contributed by atoms with Gasteiger partial charge in [-0.25, -0.2) is 9.29 Å². The molecular formula is C32H29Cl2FN2O8. The first-order valence-electron chi connectivity index (χ1n) is 14.6. The van der Waals surface area contributed by atoms with Crippen molar-refractivity contribution in [2.75, 3.05) is 24.7 Å². The molecule has 0 spiro atoms. The van der Waals surface area contributed by atoms with E-state index in [9.17, 15) is 33.5 Å². The van der Waals surface area contributed by atoms with Crippen molar-refractivity contribution in [2.24, 2.45) is 17.8 Å². The number of hydrogen-bond donors (Lipinski definition) is 2. The number of para-hydroxylation sites is 1. The lowest BCUT2D eigenvalue weighted by Crippen LogP contribution is -2.60. The second-order valence-corrected chi connectivity index (χ2v) is 12.9. The summed E-state index contributed by atoms with van der Waals surface area (Å²) in [4.78, 5) is 64.8. The molecule has 3 fully saturated rings. The first kappa shape index (κ1) is 31.2. The molecule has 2 aliphatic carbocycles. The fraction of sp³-hybridized carbons (Fsp3) is 0.406. The summed E-state index contributed by atoms with van der Waals surface area (Å²) in [6.45, 7) is -0.448. The van der Waals surface area contributed by atoms with Crippen LogP contribution in [0.25, 0.3) is 0 Å². The lowest BCUT2D eigenvalue weighted by atomic mass is 9.56. The quantitative estimate of drug-likeness (QED) is 0.236. The molecule has 2 aromatic rings. The third-order valence-corrected chi connectivity index (χ3v) is 10.8. The highest BCUT2D eigenvalue weighted by Gasteiger charge is 2.76. The van der Waals surface area contributed by atoms with E-state index in [1.165, 1.54) is 12.1 Å².